The number of terminal acetylenes is 1. The third kappa shape index (κ3) is 2.79. The van der Waals surface area contributed by atoms with E-state index in [4.69, 9.17) is 6.42 Å². The number of hydrogen-bond acceptors (Lipinski definition) is 2. The molecule has 1 rings (SSSR count). The number of nitrogens with zero attached hydrogens (tertiary/aromatic N) is 1. The van der Waals surface area contributed by atoms with E-state index in [2.05, 4.69) is 16.2 Å². The van der Waals surface area contributed by atoms with E-state index < -0.39 is 0 Å². The van der Waals surface area contributed by atoms with Crippen LogP contribution in [0.3, 0.4) is 0 Å². The second-order valence-electron chi connectivity index (χ2n) is 3.56. The zero-order chi connectivity index (χ0) is 9.90. The lowest BCUT2D eigenvalue weighted by Crippen LogP contribution is -2.28. The maximum absolute atomic E-state index is 5.35. The van der Waals surface area contributed by atoms with Gasteiger partial charge < -0.3 is 5.32 Å². The molecule has 0 aliphatic heterocycles. The highest BCUT2D eigenvalue weighted by Gasteiger charge is 2.12. The highest BCUT2D eigenvalue weighted by molar-refractivity contribution is 5.41. The minimum absolute atomic E-state index is 0.346. The number of nitrogens with one attached hydrogen (secondary N) is 1. The molecule has 0 unspecified atom stereocenters. The van der Waals surface area contributed by atoms with Crippen LogP contribution in [0.4, 0.5) is 5.82 Å². The van der Waals surface area contributed by atoms with Gasteiger partial charge in [-0.05, 0) is 32.9 Å². The summed E-state index contributed by atoms with van der Waals surface area (Å²) >= 11 is 0. The first kappa shape index (κ1) is 9.60. The van der Waals surface area contributed by atoms with Crippen LogP contribution in [0.1, 0.15) is 19.5 Å². The van der Waals surface area contributed by atoms with Crippen molar-refractivity contribution in [3.63, 3.8) is 0 Å². The van der Waals surface area contributed by atoms with Crippen molar-refractivity contribution >= 4 is 5.82 Å². The van der Waals surface area contributed by atoms with Gasteiger partial charge in [0.05, 0.1) is 5.54 Å². The van der Waals surface area contributed by atoms with Gasteiger partial charge in [0.15, 0.2) is 0 Å². The molecule has 68 valence electrons. The first-order valence-corrected chi connectivity index (χ1v) is 4.23. The smallest absolute Gasteiger partial charge is 0.127 e. The first-order chi connectivity index (χ1) is 6.03. The van der Waals surface area contributed by atoms with Gasteiger partial charge in [-0.1, -0.05) is 12.0 Å². The van der Waals surface area contributed by atoms with E-state index in [1.54, 1.807) is 0 Å². The van der Waals surface area contributed by atoms with Crippen molar-refractivity contribution in [1.29, 1.82) is 0 Å². The van der Waals surface area contributed by atoms with E-state index in [-0.39, 0.29) is 5.54 Å². The Morgan fingerprint density at radius 2 is 2.15 bits per heavy atom. The van der Waals surface area contributed by atoms with E-state index in [9.17, 15) is 0 Å². The molecule has 0 radical (unpaired) electrons. The van der Waals surface area contributed by atoms with Crippen LogP contribution in [0, 0.1) is 19.3 Å². The Hall–Kier alpha value is -1.49. The summed E-state index contributed by atoms with van der Waals surface area (Å²) in [6.07, 6.45) is 5.35. The molecule has 0 saturated carbocycles. The summed E-state index contributed by atoms with van der Waals surface area (Å²) in [4.78, 5) is 4.30. The van der Waals surface area contributed by atoms with Gasteiger partial charge in [-0.3, -0.25) is 0 Å². The summed E-state index contributed by atoms with van der Waals surface area (Å²) < 4.78 is 0. The van der Waals surface area contributed by atoms with Crippen LogP contribution in [0.15, 0.2) is 18.2 Å². The minimum atomic E-state index is -0.346. The number of anilines is 1. The van der Waals surface area contributed by atoms with Crippen molar-refractivity contribution in [2.45, 2.75) is 26.3 Å². The van der Waals surface area contributed by atoms with E-state index in [1.165, 1.54) is 0 Å². The number of rotatable bonds is 2. The maximum Gasteiger partial charge on any atom is 0.127 e. The van der Waals surface area contributed by atoms with Crippen molar-refractivity contribution in [1.82, 2.24) is 4.98 Å². The third-order valence-corrected chi connectivity index (χ3v) is 1.69. The van der Waals surface area contributed by atoms with Crippen molar-refractivity contribution in [3.05, 3.63) is 23.9 Å². The zero-order valence-corrected chi connectivity index (χ0v) is 8.26. The predicted octanol–water partition coefficient (Wildman–Crippen LogP) is 2.21. The molecule has 0 aliphatic carbocycles. The lowest BCUT2D eigenvalue weighted by atomic mass is 10.1. The van der Waals surface area contributed by atoms with E-state index in [1.807, 2.05) is 39.0 Å². The molecule has 0 saturated heterocycles. The molecule has 1 aromatic rings. The van der Waals surface area contributed by atoms with Crippen LogP contribution in [-0.4, -0.2) is 10.5 Å². The number of aromatic nitrogens is 1. The molecule has 0 bridgehead atoms. The Bertz CT molecular complexity index is 334. The van der Waals surface area contributed by atoms with Gasteiger partial charge in [-0.15, -0.1) is 6.42 Å². The molecular weight excluding hydrogens is 160 g/mol. The Balaban J connectivity index is 2.82. The van der Waals surface area contributed by atoms with E-state index in [0.29, 0.717) is 0 Å². The predicted molar refractivity (Wildman–Crippen MR) is 55.5 cm³/mol. The minimum Gasteiger partial charge on any atom is -0.354 e. The van der Waals surface area contributed by atoms with E-state index >= 15 is 0 Å². The normalized spacial score (nSPS) is 10.6. The summed E-state index contributed by atoms with van der Waals surface area (Å²) in [5, 5.41) is 3.16. The SMILES string of the molecule is C#CC(C)(C)Nc1cccc(C)n1. The molecule has 0 aliphatic rings. The molecule has 0 fully saturated rings. The molecule has 0 aromatic carbocycles. The van der Waals surface area contributed by atoms with Crippen LogP contribution in [0.5, 0.6) is 0 Å². The topological polar surface area (TPSA) is 24.9 Å². The number of hydrogen-bond donors (Lipinski definition) is 1. The molecular formula is C11H14N2. The van der Waals surface area contributed by atoms with Gasteiger partial charge in [0.1, 0.15) is 5.82 Å². The monoisotopic (exact) mass is 174 g/mol. The summed E-state index contributed by atoms with van der Waals surface area (Å²) in [5.74, 6) is 3.48. The molecule has 2 nitrogen and oxygen atoms in total. The van der Waals surface area contributed by atoms with Crippen LogP contribution >= 0.6 is 0 Å². The fraction of sp³-hybridized carbons (Fsp3) is 0.364. The van der Waals surface area contributed by atoms with Crippen molar-refractivity contribution < 1.29 is 0 Å². The van der Waals surface area contributed by atoms with Crippen LogP contribution in [0.25, 0.3) is 0 Å². The second-order valence-corrected chi connectivity index (χ2v) is 3.56. The summed E-state index contributed by atoms with van der Waals surface area (Å²) in [6.45, 7) is 5.84. The quantitative estimate of drug-likeness (QED) is 0.695. The van der Waals surface area contributed by atoms with Crippen molar-refractivity contribution in [2.24, 2.45) is 0 Å². The molecule has 1 aromatic heterocycles. The Kier molecular flexibility index (Phi) is 2.57. The fourth-order valence-electron chi connectivity index (χ4n) is 0.969. The average Bonchev–Trinajstić information content (AvgIpc) is 2.03. The molecule has 0 amide bonds. The van der Waals surface area contributed by atoms with Crippen molar-refractivity contribution in [2.75, 3.05) is 5.32 Å². The summed E-state index contributed by atoms with van der Waals surface area (Å²) in [5.41, 5.74) is 0.638. The summed E-state index contributed by atoms with van der Waals surface area (Å²) in [7, 11) is 0. The zero-order valence-electron chi connectivity index (χ0n) is 8.26. The number of pyridine rings is 1. The van der Waals surface area contributed by atoms with Gasteiger partial charge in [0.2, 0.25) is 0 Å². The Morgan fingerprint density at radius 1 is 1.46 bits per heavy atom. The second kappa shape index (κ2) is 3.49. The fourth-order valence-corrected chi connectivity index (χ4v) is 0.969. The van der Waals surface area contributed by atoms with Crippen LogP contribution in [-0.2, 0) is 0 Å². The lowest BCUT2D eigenvalue weighted by molar-refractivity contribution is 0.735. The highest BCUT2D eigenvalue weighted by Crippen LogP contribution is 2.11. The molecule has 2 heteroatoms. The van der Waals surface area contributed by atoms with Crippen molar-refractivity contribution in [3.8, 4) is 12.3 Å². The molecule has 1 heterocycles. The standard InChI is InChI=1S/C11H14N2/c1-5-11(3,4)13-10-8-6-7-9(2)12-10/h1,6-8H,2-4H3,(H,12,13). The van der Waals surface area contributed by atoms with Gasteiger partial charge >= 0.3 is 0 Å². The molecule has 0 atom stereocenters. The average molecular weight is 174 g/mol. The molecule has 1 N–H and O–H groups in total. The van der Waals surface area contributed by atoms with Gasteiger partial charge in [-0.2, -0.15) is 0 Å². The largest absolute Gasteiger partial charge is 0.354 e. The van der Waals surface area contributed by atoms with Crippen LogP contribution < -0.4 is 5.32 Å². The number of aryl methyl sites for hydroxylation is 1. The van der Waals surface area contributed by atoms with Gasteiger partial charge in [-0.25, -0.2) is 4.98 Å². The first-order valence-electron chi connectivity index (χ1n) is 4.23. The summed E-state index contributed by atoms with van der Waals surface area (Å²) in [6, 6.07) is 5.82. The molecule has 0 spiro atoms. The maximum atomic E-state index is 5.35. The van der Waals surface area contributed by atoms with Gasteiger partial charge in [0, 0.05) is 5.69 Å². The highest BCUT2D eigenvalue weighted by atomic mass is 15.0. The molecule has 13 heavy (non-hydrogen) atoms. The van der Waals surface area contributed by atoms with Crippen LogP contribution in [0.2, 0.25) is 0 Å². The third-order valence-electron chi connectivity index (χ3n) is 1.69. The van der Waals surface area contributed by atoms with E-state index in [0.717, 1.165) is 11.5 Å². The Labute approximate surface area is 79.4 Å². The Morgan fingerprint density at radius 3 is 2.69 bits per heavy atom. The van der Waals surface area contributed by atoms with Gasteiger partial charge in [0.25, 0.3) is 0 Å². The lowest BCUT2D eigenvalue weighted by Gasteiger charge is -2.20.